The maximum atomic E-state index is 11.5. The van der Waals surface area contributed by atoms with Gasteiger partial charge in [-0.25, -0.2) is 4.79 Å². The van der Waals surface area contributed by atoms with Crippen molar-refractivity contribution in [2.75, 3.05) is 11.9 Å². The van der Waals surface area contributed by atoms with Gasteiger partial charge in [0, 0.05) is 12.1 Å². The topological polar surface area (TPSA) is 59.6 Å². The van der Waals surface area contributed by atoms with Gasteiger partial charge < -0.3 is 20.1 Å². The summed E-state index contributed by atoms with van der Waals surface area (Å²) >= 11 is 5.19. The molecule has 1 aliphatic rings. The molecule has 20 heavy (non-hydrogen) atoms. The lowest BCUT2D eigenvalue weighted by Gasteiger charge is -2.13. The Balaban J connectivity index is 1.86. The van der Waals surface area contributed by atoms with Crippen LogP contribution in [0.5, 0.6) is 5.75 Å². The normalized spacial score (nSPS) is 21.2. The lowest BCUT2D eigenvalue weighted by Crippen LogP contribution is -2.40. The number of hydrogen-bond donors (Lipinski definition) is 2. The summed E-state index contributed by atoms with van der Waals surface area (Å²) in [7, 11) is 0. The van der Waals surface area contributed by atoms with Crippen LogP contribution >= 0.6 is 12.2 Å². The van der Waals surface area contributed by atoms with Crippen molar-refractivity contribution in [3.8, 4) is 5.75 Å². The summed E-state index contributed by atoms with van der Waals surface area (Å²) in [6, 6.07) is 7.09. The van der Waals surface area contributed by atoms with Crippen LogP contribution in [-0.4, -0.2) is 29.8 Å². The van der Waals surface area contributed by atoms with Gasteiger partial charge in [-0.05, 0) is 50.3 Å². The number of benzene rings is 1. The number of carbonyl (C=O) groups is 1. The third-order valence-corrected chi connectivity index (χ3v) is 3.12. The predicted molar refractivity (Wildman–Crippen MR) is 80.9 cm³/mol. The van der Waals surface area contributed by atoms with Gasteiger partial charge >= 0.3 is 5.97 Å². The second-order valence-electron chi connectivity index (χ2n) is 4.59. The minimum atomic E-state index is -0.368. The number of nitrogens with one attached hydrogen (secondary N) is 2. The number of thiocarbonyl (C=S) groups is 1. The molecule has 1 fully saturated rings. The first-order valence-corrected chi connectivity index (χ1v) is 7.00. The third kappa shape index (κ3) is 3.84. The van der Waals surface area contributed by atoms with Crippen molar-refractivity contribution in [3.05, 3.63) is 24.3 Å². The predicted octanol–water partition coefficient (Wildman–Crippen LogP) is 2.08. The highest BCUT2D eigenvalue weighted by atomic mass is 32.1. The lowest BCUT2D eigenvalue weighted by atomic mass is 10.2. The molecule has 108 valence electrons. The summed E-state index contributed by atoms with van der Waals surface area (Å²) in [4.78, 5) is 11.5. The molecule has 1 heterocycles. The van der Waals surface area contributed by atoms with Crippen LogP contribution in [0.15, 0.2) is 24.3 Å². The number of ether oxygens (including phenoxy) is 2. The summed E-state index contributed by atoms with van der Waals surface area (Å²) in [6.45, 7) is 4.43. The Hall–Kier alpha value is -1.82. The van der Waals surface area contributed by atoms with Crippen molar-refractivity contribution in [2.24, 2.45) is 0 Å². The first-order chi connectivity index (χ1) is 9.58. The van der Waals surface area contributed by atoms with Crippen LogP contribution in [0.2, 0.25) is 0 Å². The summed E-state index contributed by atoms with van der Waals surface area (Å²) in [5.41, 5.74) is 0.838. The molecule has 0 spiro atoms. The van der Waals surface area contributed by atoms with Crippen molar-refractivity contribution in [1.29, 1.82) is 0 Å². The number of carbonyl (C=O) groups excluding carboxylic acids is 1. The third-order valence-electron chi connectivity index (χ3n) is 2.90. The molecular weight excluding hydrogens is 276 g/mol. The molecule has 0 aromatic heterocycles. The molecule has 1 aliphatic heterocycles. The van der Waals surface area contributed by atoms with Gasteiger partial charge in [0.2, 0.25) is 0 Å². The Morgan fingerprint density at radius 3 is 2.70 bits per heavy atom. The highest BCUT2D eigenvalue weighted by Gasteiger charge is 2.32. The molecule has 1 aromatic rings. The van der Waals surface area contributed by atoms with Crippen LogP contribution in [0.3, 0.4) is 0 Å². The van der Waals surface area contributed by atoms with Gasteiger partial charge in [-0.2, -0.15) is 0 Å². The molecule has 6 heteroatoms. The van der Waals surface area contributed by atoms with Gasteiger partial charge in [-0.1, -0.05) is 0 Å². The zero-order valence-corrected chi connectivity index (χ0v) is 12.3. The molecule has 1 saturated heterocycles. The zero-order valence-electron chi connectivity index (χ0n) is 11.5. The fraction of sp³-hybridized carbons (Fsp3) is 0.429. The largest absolute Gasteiger partial charge is 0.494 e. The van der Waals surface area contributed by atoms with E-state index < -0.39 is 0 Å². The summed E-state index contributed by atoms with van der Waals surface area (Å²) in [5, 5.41) is 6.40. The first-order valence-electron chi connectivity index (χ1n) is 6.59. The molecule has 0 bridgehead atoms. The Morgan fingerprint density at radius 1 is 1.45 bits per heavy atom. The molecule has 2 N–H and O–H groups in total. The van der Waals surface area contributed by atoms with Gasteiger partial charge in [0.05, 0.1) is 6.61 Å². The molecule has 0 radical (unpaired) electrons. The average Bonchev–Trinajstić information content (AvgIpc) is 2.70. The Kier molecular flexibility index (Phi) is 4.79. The summed E-state index contributed by atoms with van der Waals surface area (Å²) < 4.78 is 10.4. The molecular formula is C14H18N2O3S. The lowest BCUT2D eigenvalue weighted by molar-refractivity contribution is -0.142. The van der Waals surface area contributed by atoms with Gasteiger partial charge in [-0.3, -0.25) is 0 Å². The van der Waals surface area contributed by atoms with Gasteiger partial charge in [0.1, 0.15) is 17.9 Å². The van der Waals surface area contributed by atoms with E-state index in [1.165, 1.54) is 0 Å². The minimum absolute atomic E-state index is 0.0618. The van der Waals surface area contributed by atoms with Gasteiger partial charge in [-0.15, -0.1) is 0 Å². The summed E-state index contributed by atoms with van der Waals surface area (Å²) in [5.74, 6) is 0.554. The average molecular weight is 294 g/mol. The smallest absolute Gasteiger partial charge is 0.329 e. The standard InChI is InChI=1S/C14H18N2O3S/c1-3-18-11-6-4-10(5-7-11)15-14(20)16-12-8-9(2)19-13(12)17/h4-7,9,12H,3,8H2,1-2H3,(H2,15,16,20)/t9-,12+/m1/s1. The molecule has 2 atom stereocenters. The highest BCUT2D eigenvalue weighted by Crippen LogP contribution is 2.17. The van der Waals surface area contributed by atoms with E-state index in [4.69, 9.17) is 21.7 Å². The number of rotatable bonds is 4. The molecule has 0 unspecified atom stereocenters. The monoisotopic (exact) mass is 294 g/mol. The fourth-order valence-electron chi connectivity index (χ4n) is 2.00. The second kappa shape index (κ2) is 6.56. The fourth-order valence-corrected chi connectivity index (χ4v) is 2.26. The van der Waals surface area contributed by atoms with E-state index in [-0.39, 0.29) is 18.1 Å². The first kappa shape index (κ1) is 14.6. The maximum absolute atomic E-state index is 11.5. The Morgan fingerprint density at radius 2 is 2.15 bits per heavy atom. The van der Waals surface area contributed by atoms with E-state index in [9.17, 15) is 4.79 Å². The van der Waals surface area contributed by atoms with Crippen LogP contribution in [0, 0.1) is 0 Å². The number of esters is 1. The molecule has 0 aliphatic carbocycles. The Bertz CT molecular complexity index is 490. The molecule has 5 nitrogen and oxygen atoms in total. The van der Waals surface area contributed by atoms with E-state index in [1.807, 2.05) is 38.1 Å². The van der Waals surface area contributed by atoms with Crippen molar-refractivity contribution in [2.45, 2.75) is 32.4 Å². The van der Waals surface area contributed by atoms with Crippen LogP contribution in [-0.2, 0) is 9.53 Å². The van der Waals surface area contributed by atoms with Gasteiger partial charge in [0.15, 0.2) is 5.11 Å². The summed E-state index contributed by atoms with van der Waals surface area (Å²) in [6.07, 6.45) is 0.567. The zero-order chi connectivity index (χ0) is 14.5. The molecule has 2 rings (SSSR count). The van der Waals surface area contributed by atoms with Crippen LogP contribution in [0.25, 0.3) is 0 Å². The van der Waals surface area contributed by atoms with Crippen LogP contribution in [0.1, 0.15) is 20.3 Å². The van der Waals surface area contributed by atoms with E-state index in [1.54, 1.807) is 0 Å². The quantitative estimate of drug-likeness (QED) is 0.655. The maximum Gasteiger partial charge on any atom is 0.329 e. The second-order valence-corrected chi connectivity index (χ2v) is 5.00. The Labute approximate surface area is 123 Å². The molecule has 0 saturated carbocycles. The van der Waals surface area contributed by atoms with Crippen LogP contribution in [0.4, 0.5) is 5.69 Å². The SMILES string of the molecule is CCOc1ccc(NC(=S)N[C@H]2C[C@@H](C)OC2=O)cc1. The van der Waals surface area contributed by atoms with E-state index >= 15 is 0 Å². The molecule has 0 amide bonds. The van der Waals surface area contributed by atoms with E-state index in [2.05, 4.69) is 10.6 Å². The van der Waals surface area contributed by atoms with Crippen LogP contribution < -0.4 is 15.4 Å². The number of hydrogen-bond acceptors (Lipinski definition) is 4. The van der Waals surface area contributed by atoms with Crippen molar-refractivity contribution >= 4 is 29.0 Å². The minimum Gasteiger partial charge on any atom is -0.494 e. The number of cyclic esters (lactones) is 1. The highest BCUT2D eigenvalue weighted by molar-refractivity contribution is 7.80. The van der Waals surface area contributed by atoms with Crippen molar-refractivity contribution in [3.63, 3.8) is 0 Å². The van der Waals surface area contributed by atoms with E-state index in [0.717, 1.165) is 11.4 Å². The van der Waals surface area contributed by atoms with Gasteiger partial charge in [0.25, 0.3) is 0 Å². The van der Waals surface area contributed by atoms with Crippen molar-refractivity contribution < 1.29 is 14.3 Å². The van der Waals surface area contributed by atoms with Crippen molar-refractivity contribution in [1.82, 2.24) is 5.32 Å². The van der Waals surface area contributed by atoms with E-state index in [0.29, 0.717) is 18.1 Å². The molecule has 1 aromatic carbocycles. The number of anilines is 1.